The second-order valence-corrected chi connectivity index (χ2v) is 8.16. The number of benzene rings is 3. The van der Waals surface area contributed by atoms with Crippen molar-refractivity contribution < 1.29 is 22.8 Å². The van der Waals surface area contributed by atoms with E-state index in [1.165, 1.54) is 35.0 Å². The van der Waals surface area contributed by atoms with Crippen molar-refractivity contribution in [2.45, 2.75) is 19.6 Å². The first-order valence-electron chi connectivity index (χ1n) is 10.5. The molecule has 0 unspecified atom stereocenters. The third-order valence-electron chi connectivity index (χ3n) is 5.50. The molecule has 0 aliphatic rings. The third-order valence-corrected chi connectivity index (χ3v) is 5.74. The zero-order chi connectivity index (χ0) is 25.3. The summed E-state index contributed by atoms with van der Waals surface area (Å²) in [5.74, 6) is -1.26. The smallest absolute Gasteiger partial charge is 0.347 e. The van der Waals surface area contributed by atoms with E-state index in [2.05, 4.69) is 5.32 Å². The molecular formula is C26H18ClF3N2O3. The molecule has 0 aliphatic heterocycles. The van der Waals surface area contributed by atoms with E-state index in [1.54, 1.807) is 37.3 Å². The van der Waals surface area contributed by atoms with Crippen molar-refractivity contribution in [3.63, 3.8) is 0 Å². The number of carbonyl (C=O) groups is 2. The van der Waals surface area contributed by atoms with Gasteiger partial charge in [-0.25, -0.2) is 0 Å². The van der Waals surface area contributed by atoms with Gasteiger partial charge in [0.15, 0.2) is 5.78 Å². The largest absolute Gasteiger partial charge is 0.416 e. The molecule has 3 aromatic carbocycles. The quantitative estimate of drug-likeness (QED) is 0.334. The number of pyridine rings is 1. The summed E-state index contributed by atoms with van der Waals surface area (Å²) < 4.78 is 41.2. The zero-order valence-electron chi connectivity index (χ0n) is 18.3. The van der Waals surface area contributed by atoms with Gasteiger partial charge < -0.3 is 9.88 Å². The number of hydrogen-bond donors (Lipinski definition) is 1. The van der Waals surface area contributed by atoms with E-state index in [9.17, 15) is 27.6 Å². The standard InChI is InChI=1S/C26H18ClF3N2O3/c1-2-32-14-20(24(34)19-12-16(26(28,29)30)8-11-22(19)32)25(35)31-21-10-9-17(27)13-18(21)23(33)15-6-4-3-5-7-15/h3-14H,2H2,1H3,(H,31,35). The second-order valence-electron chi connectivity index (χ2n) is 7.73. The lowest BCUT2D eigenvalue weighted by atomic mass is 10.0. The minimum Gasteiger partial charge on any atom is -0.347 e. The van der Waals surface area contributed by atoms with Crippen molar-refractivity contribution in [3.05, 3.63) is 110 Å². The Morgan fingerprint density at radius 2 is 1.69 bits per heavy atom. The van der Waals surface area contributed by atoms with Gasteiger partial charge in [-0.3, -0.25) is 14.4 Å². The van der Waals surface area contributed by atoms with Gasteiger partial charge in [0.1, 0.15) is 5.56 Å². The molecule has 1 heterocycles. The van der Waals surface area contributed by atoms with Crippen LogP contribution in [0.2, 0.25) is 5.02 Å². The van der Waals surface area contributed by atoms with Gasteiger partial charge in [0, 0.05) is 34.3 Å². The van der Waals surface area contributed by atoms with E-state index in [0.717, 1.165) is 12.1 Å². The van der Waals surface area contributed by atoms with E-state index in [-0.39, 0.29) is 32.7 Å². The highest BCUT2D eigenvalue weighted by Crippen LogP contribution is 2.31. The van der Waals surface area contributed by atoms with Gasteiger partial charge in [0.2, 0.25) is 5.43 Å². The van der Waals surface area contributed by atoms with Crippen LogP contribution in [-0.2, 0) is 12.7 Å². The molecule has 4 aromatic rings. The number of amides is 1. The van der Waals surface area contributed by atoms with Crippen molar-refractivity contribution in [1.29, 1.82) is 0 Å². The Morgan fingerprint density at radius 1 is 0.971 bits per heavy atom. The fourth-order valence-corrected chi connectivity index (χ4v) is 3.92. The number of aromatic nitrogens is 1. The Bertz CT molecular complexity index is 1510. The third kappa shape index (κ3) is 4.83. The molecule has 0 aliphatic carbocycles. The number of anilines is 1. The Labute approximate surface area is 202 Å². The number of halogens is 4. The maximum Gasteiger partial charge on any atom is 0.416 e. The van der Waals surface area contributed by atoms with Crippen molar-refractivity contribution >= 4 is 39.9 Å². The first-order chi connectivity index (χ1) is 16.6. The molecule has 1 aromatic heterocycles. The van der Waals surface area contributed by atoms with E-state index in [1.807, 2.05) is 0 Å². The van der Waals surface area contributed by atoms with E-state index in [4.69, 9.17) is 11.6 Å². The first-order valence-corrected chi connectivity index (χ1v) is 10.9. The lowest BCUT2D eigenvalue weighted by Gasteiger charge is -2.15. The second kappa shape index (κ2) is 9.38. The Hall–Kier alpha value is -3.91. The predicted octanol–water partition coefficient (Wildman–Crippen LogP) is 6.18. The number of alkyl halides is 3. The molecule has 9 heteroatoms. The van der Waals surface area contributed by atoms with E-state index < -0.39 is 28.9 Å². The zero-order valence-corrected chi connectivity index (χ0v) is 19.1. The fourth-order valence-electron chi connectivity index (χ4n) is 3.75. The SMILES string of the molecule is CCn1cc(C(=O)Nc2ccc(Cl)cc2C(=O)c2ccccc2)c(=O)c2cc(C(F)(F)F)ccc21. The average molecular weight is 499 g/mol. The van der Waals surface area contributed by atoms with Crippen LogP contribution >= 0.6 is 11.6 Å². The summed E-state index contributed by atoms with van der Waals surface area (Å²) in [4.78, 5) is 39.2. The molecule has 35 heavy (non-hydrogen) atoms. The van der Waals surface area contributed by atoms with Crippen LogP contribution in [0.5, 0.6) is 0 Å². The normalized spacial score (nSPS) is 11.5. The summed E-state index contributed by atoms with van der Waals surface area (Å²) in [6.07, 6.45) is -3.35. The summed E-state index contributed by atoms with van der Waals surface area (Å²) in [5, 5.41) is 2.59. The van der Waals surface area contributed by atoms with Crippen molar-refractivity contribution in [2.75, 3.05) is 5.32 Å². The number of nitrogens with one attached hydrogen (secondary N) is 1. The van der Waals surface area contributed by atoms with Crippen LogP contribution in [0.1, 0.15) is 38.8 Å². The maximum atomic E-state index is 13.2. The topological polar surface area (TPSA) is 68.2 Å². The summed E-state index contributed by atoms with van der Waals surface area (Å²) in [7, 11) is 0. The molecule has 4 rings (SSSR count). The first kappa shape index (κ1) is 24.2. The Kier molecular flexibility index (Phi) is 6.49. The summed E-state index contributed by atoms with van der Waals surface area (Å²) in [6, 6.07) is 15.5. The van der Waals surface area contributed by atoms with Gasteiger partial charge in [-0.1, -0.05) is 41.9 Å². The highest BCUT2D eigenvalue weighted by Gasteiger charge is 2.31. The summed E-state index contributed by atoms with van der Waals surface area (Å²) in [5.41, 5.74) is -1.34. The van der Waals surface area contributed by atoms with Crippen LogP contribution in [-0.4, -0.2) is 16.3 Å². The summed E-state index contributed by atoms with van der Waals surface area (Å²) >= 11 is 6.07. The number of hydrogen-bond acceptors (Lipinski definition) is 3. The van der Waals surface area contributed by atoms with E-state index in [0.29, 0.717) is 12.1 Å². The minimum atomic E-state index is -4.65. The lowest BCUT2D eigenvalue weighted by molar-refractivity contribution is -0.137. The highest BCUT2D eigenvalue weighted by molar-refractivity contribution is 6.31. The molecule has 1 N–H and O–H groups in total. The maximum absolute atomic E-state index is 13.2. The van der Waals surface area contributed by atoms with Gasteiger partial charge >= 0.3 is 6.18 Å². The number of carbonyl (C=O) groups excluding carboxylic acids is 2. The van der Waals surface area contributed by atoms with Gasteiger partial charge in [-0.15, -0.1) is 0 Å². The Balaban J connectivity index is 1.79. The van der Waals surface area contributed by atoms with Crippen LogP contribution in [0, 0.1) is 0 Å². The molecule has 178 valence electrons. The average Bonchev–Trinajstić information content (AvgIpc) is 2.84. The molecule has 0 saturated heterocycles. The van der Waals surface area contributed by atoms with Gasteiger partial charge in [-0.2, -0.15) is 13.2 Å². The highest BCUT2D eigenvalue weighted by atomic mass is 35.5. The molecule has 0 radical (unpaired) electrons. The molecule has 0 fully saturated rings. The van der Waals surface area contributed by atoms with E-state index >= 15 is 0 Å². The molecule has 0 atom stereocenters. The van der Waals surface area contributed by atoms with Crippen LogP contribution in [0.4, 0.5) is 18.9 Å². The molecule has 0 bridgehead atoms. The van der Waals surface area contributed by atoms with Crippen LogP contribution in [0.25, 0.3) is 10.9 Å². The molecule has 5 nitrogen and oxygen atoms in total. The number of rotatable bonds is 5. The number of nitrogens with zero attached hydrogens (tertiary/aromatic N) is 1. The molecule has 0 spiro atoms. The number of aryl methyl sites for hydroxylation is 1. The predicted molar refractivity (Wildman–Crippen MR) is 128 cm³/mol. The van der Waals surface area contributed by atoms with Crippen molar-refractivity contribution in [1.82, 2.24) is 4.57 Å². The van der Waals surface area contributed by atoms with Crippen molar-refractivity contribution in [2.24, 2.45) is 0 Å². The van der Waals surface area contributed by atoms with Gasteiger partial charge in [0.05, 0.1) is 16.8 Å². The van der Waals surface area contributed by atoms with Crippen LogP contribution in [0.15, 0.2) is 77.7 Å². The van der Waals surface area contributed by atoms with Gasteiger partial charge in [-0.05, 0) is 43.3 Å². The Morgan fingerprint density at radius 3 is 2.34 bits per heavy atom. The number of ketones is 1. The minimum absolute atomic E-state index is 0.105. The monoisotopic (exact) mass is 498 g/mol. The van der Waals surface area contributed by atoms with Crippen molar-refractivity contribution in [3.8, 4) is 0 Å². The molecule has 0 saturated carbocycles. The van der Waals surface area contributed by atoms with Crippen LogP contribution < -0.4 is 10.7 Å². The molecule has 1 amide bonds. The lowest BCUT2D eigenvalue weighted by Crippen LogP contribution is -2.25. The fraction of sp³-hybridized carbons (Fsp3) is 0.115. The molecular weight excluding hydrogens is 481 g/mol. The van der Waals surface area contributed by atoms with Crippen LogP contribution in [0.3, 0.4) is 0 Å². The van der Waals surface area contributed by atoms with Gasteiger partial charge in [0.25, 0.3) is 5.91 Å². The summed E-state index contributed by atoms with van der Waals surface area (Å²) in [6.45, 7) is 2.04. The number of fused-ring (bicyclic) bond motifs is 1.